The van der Waals surface area contributed by atoms with Crippen LogP contribution >= 0.6 is 0 Å². The number of nitrogens with zero attached hydrogens (tertiary/aromatic N) is 1. The van der Waals surface area contributed by atoms with E-state index < -0.39 is 5.60 Å². The number of phenols is 1. The lowest BCUT2D eigenvalue weighted by Gasteiger charge is -2.26. The minimum atomic E-state index is -1.20. The Morgan fingerprint density at radius 2 is 1.58 bits per heavy atom. The Morgan fingerprint density at radius 1 is 0.935 bits per heavy atom. The van der Waals surface area contributed by atoms with Crippen molar-refractivity contribution in [2.45, 2.75) is 51.3 Å². The van der Waals surface area contributed by atoms with Crippen LogP contribution in [0.15, 0.2) is 72.8 Å². The number of unbranched alkanes of at least 4 members (excludes halogenated alkanes) is 1. The van der Waals surface area contributed by atoms with Gasteiger partial charge in [0.05, 0.1) is 5.60 Å². The number of fused-ring (bicyclic) bond motifs is 1. The van der Waals surface area contributed by atoms with Crippen LogP contribution in [0.4, 0.5) is 0 Å². The molecule has 1 heterocycles. The third kappa shape index (κ3) is 4.80. The highest BCUT2D eigenvalue weighted by Gasteiger charge is 2.29. The SMILES string of the molecule is CC(O)(CCCCc1ccccc1)c1cc(C(=O)N2Cc3ccccc3C2)ccc1O. The number of benzene rings is 3. The average Bonchev–Trinajstić information content (AvgIpc) is 3.21. The Bertz CT molecular complexity index is 1030. The van der Waals surface area contributed by atoms with Gasteiger partial charge in [0.25, 0.3) is 5.91 Å². The Kier molecular flexibility index (Phi) is 6.10. The van der Waals surface area contributed by atoms with Crippen molar-refractivity contribution < 1.29 is 15.0 Å². The lowest BCUT2D eigenvalue weighted by molar-refractivity contribution is 0.0425. The highest BCUT2D eigenvalue weighted by Crippen LogP contribution is 2.35. The molecule has 4 heteroatoms. The van der Waals surface area contributed by atoms with Crippen molar-refractivity contribution in [3.05, 3.63) is 101 Å². The fourth-order valence-electron chi connectivity index (χ4n) is 4.34. The number of carbonyl (C=O) groups is 1. The van der Waals surface area contributed by atoms with E-state index in [4.69, 9.17) is 0 Å². The van der Waals surface area contributed by atoms with Crippen molar-refractivity contribution in [3.63, 3.8) is 0 Å². The Hall–Kier alpha value is -3.11. The molecule has 31 heavy (non-hydrogen) atoms. The summed E-state index contributed by atoms with van der Waals surface area (Å²) in [6.07, 6.45) is 3.24. The van der Waals surface area contributed by atoms with Crippen LogP contribution in [-0.2, 0) is 25.1 Å². The third-order valence-corrected chi connectivity index (χ3v) is 6.17. The lowest BCUT2D eigenvalue weighted by Crippen LogP contribution is -2.27. The summed E-state index contributed by atoms with van der Waals surface area (Å²) in [4.78, 5) is 14.9. The second kappa shape index (κ2) is 8.94. The summed E-state index contributed by atoms with van der Waals surface area (Å²) in [5.74, 6) is -0.0633. The zero-order valence-corrected chi connectivity index (χ0v) is 17.9. The maximum absolute atomic E-state index is 13.1. The van der Waals surface area contributed by atoms with E-state index in [9.17, 15) is 15.0 Å². The van der Waals surface area contributed by atoms with Crippen LogP contribution in [0, 0.1) is 0 Å². The molecule has 0 spiro atoms. The summed E-state index contributed by atoms with van der Waals surface area (Å²) >= 11 is 0. The van der Waals surface area contributed by atoms with Crippen molar-refractivity contribution in [3.8, 4) is 5.75 Å². The molecule has 3 aromatic rings. The maximum Gasteiger partial charge on any atom is 0.254 e. The minimum absolute atomic E-state index is 0.0225. The molecule has 0 saturated carbocycles. The van der Waals surface area contributed by atoms with E-state index in [1.54, 1.807) is 24.0 Å². The number of carbonyl (C=O) groups excluding carboxylic acids is 1. The second-order valence-corrected chi connectivity index (χ2v) is 8.63. The number of hydrogen-bond donors (Lipinski definition) is 2. The first kappa shape index (κ1) is 21.1. The Morgan fingerprint density at radius 3 is 2.26 bits per heavy atom. The van der Waals surface area contributed by atoms with E-state index in [0.717, 1.165) is 19.3 Å². The van der Waals surface area contributed by atoms with Crippen molar-refractivity contribution in [1.82, 2.24) is 4.90 Å². The zero-order chi connectivity index (χ0) is 21.8. The standard InChI is InChI=1S/C27H29NO3/c1-27(31,16-8-7-11-20-9-3-2-4-10-20)24-17-21(14-15-25(24)29)26(30)28-18-22-12-5-6-13-23(22)19-28/h2-6,9-10,12-15,17,29,31H,7-8,11,16,18-19H2,1H3. The average molecular weight is 416 g/mol. The summed E-state index contributed by atoms with van der Waals surface area (Å²) in [5, 5.41) is 21.5. The van der Waals surface area contributed by atoms with Crippen LogP contribution in [-0.4, -0.2) is 21.0 Å². The third-order valence-electron chi connectivity index (χ3n) is 6.17. The van der Waals surface area contributed by atoms with Crippen molar-refractivity contribution in [2.75, 3.05) is 0 Å². The summed E-state index contributed by atoms with van der Waals surface area (Å²) in [6.45, 7) is 2.88. The van der Waals surface area contributed by atoms with Crippen molar-refractivity contribution >= 4 is 5.91 Å². The number of aromatic hydroxyl groups is 1. The molecule has 1 amide bonds. The fourth-order valence-corrected chi connectivity index (χ4v) is 4.34. The van der Waals surface area contributed by atoms with Crippen LogP contribution < -0.4 is 0 Å². The maximum atomic E-state index is 13.1. The van der Waals surface area contributed by atoms with Gasteiger partial charge in [0.15, 0.2) is 0 Å². The normalized spacial score (nSPS) is 14.8. The predicted octanol–water partition coefficient (Wildman–Crippen LogP) is 5.17. The van der Waals surface area contributed by atoms with Crippen LogP contribution in [0.1, 0.15) is 58.8 Å². The number of aliphatic hydroxyl groups is 1. The Balaban J connectivity index is 1.42. The molecule has 0 radical (unpaired) electrons. The zero-order valence-electron chi connectivity index (χ0n) is 17.9. The van der Waals surface area contributed by atoms with Crippen LogP contribution in [0.5, 0.6) is 5.75 Å². The largest absolute Gasteiger partial charge is 0.508 e. The van der Waals surface area contributed by atoms with Gasteiger partial charge in [0, 0.05) is 24.2 Å². The smallest absolute Gasteiger partial charge is 0.254 e. The molecule has 4 rings (SSSR count). The molecule has 1 aliphatic rings. The van der Waals surface area contributed by atoms with Crippen molar-refractivity contribution in [2.24, 2.45) is 0 Å². The molecule has 3 aromatic carbocycles. The first-order chi connectivity index (χ1) is 14.9. The van der Waals surface area contributed by atoms with Crippen LogP contribution in [0.2, 0.25) is 0 Å². The molecular formula is C27H29NO3. The lowest BCUT2D eigenvalue weighted by atomic mass is 9.88. The van der Waals surface area contributed by atoms with Gasteiger partial charge < -0.3 is 15.1 Å². The van der Waals surface area contributed by atoms with E-state index >= 15 is 0 Å². The molecule has 1 aliphatic heterocycles. The van der Waals surface area contributed by atoms with Gasteiger partial charge in [-0.15, -0.1) is 0 Å². The number of phenolic OH excluding ortho intramolecular Hbond substituents is 1. The molecule has 1 atom stereocenters. The molecule has 0 aliphatic carbocycles. The van der Waals surface area contributed by atoms with Gasteiger partial charge in [-0.1, -0.05) is 54.6 Å². The van der Waals surface area contributed by atoms with E-state index in [1.165, 1.54) is 22.8 Å². The summed E-state index contributed by atoms with van der Waals surface area (Å²) in [5.41, 5.74) is 3.31. The number of amides is 1. The molecule has 0 aromatic heterocycles. The van der Waals surface area contributed by atoms with E-state index in [1.807, 2.05) is 42.5 Å². The molecular weight excluding hydrogens is 386 g/mol. The predicted molar refractivity (Wildman–Crippen MR) is 122 cm³/mol. The van der Waals surface area contributed by atoms with E-state index in [-0.39, 0.29) is 11.7 Å². The molecule has 1 unspecified atom stereocenters. The molecule has 2 N–H and O–H groups in total. The van der Waals surface area contributed by atoms with Gasteiger partial charge in [-0.05, 0) is 67.5 Å². The molecule has 0 saturated heterocycles. The molecule has 0 fully saturated rings. The first-order valence-electron chi connectivity index (χ1n) is 10.9. The highest BCUT2D eigenvalue weighted by atomic mass is 16.3. The summed E-state index contributed by atoms with van der Waals surface area (Å²) in [6, 6.07) is 23.2. The van der Waals surface area contributed by atoms with Crippen LogP contribution in [0.25, 0.3) is 0 Å². The van der Waals surface area contributed by atoms with Gasteiger partial charge in [-0.3, -0.25) is 4.79 Å². The molecule has 4 nitrogen and oxygen atoms in total. The monoisotopic (exact) mass is 415 g/mol. The van der Waals surface area contributed by atoms with Crippen LogP contribution in [0.3, 0.4) is 0 Å². The summed E-state index contributed by atoms with van der Waals surface area (Å²) < 4.78 is 0. The van der Waals surface area contributed by atoms with Gasteiger partial charge in [0.1, 0.15) is 5.75 Å². The fraction of sp³-hybridized carbons (Fsp3) is 0.296. The van der Waals surface area contributed by atoms with Gasteiger partial charge in [-0.25, -0.2) is 0 Å². The highest BCUT2D eigenvalue weighted by molar-refractivity contribution is 5.95. The number of aryl methyl sites for hydroxylation is 1. The topological polar surface area (TPSA) is 60.8 Å². The second-order valence-electron chi connectivity index (χ2n) is 8.63. The van der Waals surface area contributed by atoms with E-state index in [0.29, 0.717) is 30.6 Å². The number of hydrogen-bond acceptors (Lipinski definition) is 3. The quantitative estimate of drug-likeness (QED) is 0.524. The van der Waals surface area contributed by atoms with Crippen molar-refractivity contribution in [1.29, 1.82) is 0 Å². The summed E-state index contributed by atoms with van der Waals surface area (Å²) in [7, 11) is 0. The molecule has 0 bridgehead atoms. The Labute approximate surface area is 183 Å². The van der Waals surface area contributed by atoms with Gasteiger partial charge >= 0.3 is 0 Å². The van der Waals surface area contributed by atoms with Gasteiger partial charge in [0.2, 0.25) is 0 Å². The first-order valence-corrected chi connectivity index (χ1v) is 10.9. The van der Waals surface area contributed by atoms with Gasteiger partial charge in [-0.2, -0.15) is 0 Å². The number of rotatable bonds is 7. The molecule has 160 valence electrons. The van der Waals surface area contributed by atoms with E-state index in [2.05, 4.69) is 12.1 Å². The minimum Gasteiger partial charge on any atom is -0.508 e.